The van der Waals surface area contributed by atoms with E-state index in [0.717, 1.165) is 16.8 Å². The first-order valence-electron chi connectivity index (χ1n) is 5.76. The predicted molar refractivity (Wildman–Crippen MR) is 67.7 cm³/mol. The Balaban J connectivity index is 2.27. The third-order valence-corrected chi connectivity index (χ3v) is 3.02. The molecular formula is C14H18N2O. The summed E-state index contributed by atoms with van der Waals surface area (Å²) in [6, 6.07) is 9.86. The molecule has 0 spiro atoms. The van der Waals surface area contributed by atoms with E-state index in [4.69, 9.17) is 0 Å². The first kappa shape index (κ1) is 11.9. The van der Waals surface area contributed by atoms with Gasteiger partial charge in [0.15, 0.2) is 0 Å². The first-order valence-corrected chi connectivity index (χ1v) is 5.76. The van der Waals surface area contributed by atoms with Gasteiger partial charge in [-0.2, -0.15) is 5.10 Å². The van der Waals surface area contributed by atoms with Crippen molar-refractivity contribution in [2.75, 3.05) is 0 Å². The Kier molecular flexibility index (Phi) is 3.03. The van der Waals surface area contributed by atoms with Gasteiger partial charge >= 0.3 is 0 Å². The Hall–Kier alpha value is -1.61. The number of nitrogens with zero attached hydrogens (tertiary/aromatic N) is 2. The first-order chi connectivity index (χ1) is 7.99. The zero-order valence-corrected chi connectivity index (χ0v) is 10.5. The van der Waals surface area contributed by atoms with Crippen LogP contribution < -0.4 is 0 Å². The molecule has 3 nitrogen and oxygen atoms in total. The second-order valence-corrected chi connectivity index (χ2v) is 4.75. The molecule has 0 saturated heterocycles. The molecule has 2 rings (SSSR count). The third kappa shape index (κ3) is 2.56. The molecule has 0 aliphatic rings. The van der Waals surface area contributed by atoms with Gasteiger partial charge < -0.3 is 5.11 Å². The number of hydrogen-bond donors (Lipinski definition) is 1. The van der Waals surface area contributed by atoms with Crippen molar-refractivity contribution in [3.63, 3.8) is 0 Å². The van der Waals surface area contributed by atoms with Crippen molar-refractivity contribution in [3.8, 4) is 0 Å². The topological polar surface area (TPSA) is 38.0 Å². The molecule has 0 saturated carbocycles. The summed E-state index contributed by atoms with van der Waals surface area (Å²) in [6.07, 6.45) is 2.42. The lowest BCUT2D eigenvalue weighted by atomic mass is 9.88. The van der Waals surface area contributed by atoms with Gasteiger partial charge in [-0.3, -0.25) is 4.68 Å². The molecule has 0 aliphatic carbocycles. The Morgan fingerprint density at radius 1 is 1.29 bits per heavy atom. The summed E-state index contributed by atoms with van der Waals surface area (Å²) >= 11 is 0. The molecule has 1 heterocycles. The molecule has 1 aromatic heterocycles. The lowest BCUT2D eigenvalue weighted by Crippen LogP contribution is -2.25. The second kappa shape index (κ2) is 4.34. The molecule has 3 heteroatoms. The van der Waals surface area contributed by atoms with Crippen LogP contribution in [-0.4, -0.2) is 14.9 Å². The largest absolute Gasteiger partial charge is 0.385 e. The van der Waals surface area contributed by atoms with Gasteiger partial charge in [0.2, 0.25) is 0 Å². The van der Waals surface area contributed by atoms with E-state index in [9.17, 15) is 5.11 Å². The highest BCUT2D eigenvalue weighted by atomic mass is 16.3. The molecular weight excluding hydrogens is 212 g/mol. The van der Waals surface area contributed by atoms with Crippen LogP contribution in [0.1, 0.15) is 23.7 Å². The summed E-state index contributed by atoms with van der Waals surface area (Å²) in [5.41, 5.74) is 2.10. The molecule has 1 atom stereocenters. The quantitative estimate of drug-likeness (QED) is 0.877. The summed E-state index contributed by atoms with van der Waals surface area (Å²) in [5.74, 6) is 0. The third-order valence-electron chi connectivity index (χ3n) is 3.02. The summed E-state index contributed by atoms with van der Waals surface area (Å²) in [5, 5.41) is 14.9. The van der Waals surface area contributed by atoms with Gasteiger partial charge in [-0.1, -0.05) is 24.3 Å². The SMILES string of the molecule is Cc1ccccc1C(C)(O)Cc1ccn(C)n1. The number of aromatic nitrogens is 2. The minimum absolute atomic E-state index is 0.526. The van der Waals surface area contributed by atoms with Gasteiger partial charge in [0.25, 0.3) is 0 Å². The zero-order chi connectivity index (χ0) is 12.5. The van der Waals surface area contributed by atoms with Gasteiger partial charge in [0.1, 0.15) is 0 Å². The highest BCUT2D eigenvalue weighted by Crippen LogP contribution is 2.27. The summed E-state index contributed by atoms with van der Waals surface area (Å²) < 4.78 is 1.75. The molecule has 90 valence electrons. The van der Waals surface area contributed by atoms with Gasteiger partial charge in [-0.25, -0.2) is 0 Å². The van der Waals surface area contributed by atoms with E-state index in [1.165, 1.54) is 0 Å². The summed E-state index contributed by atoms with van der Waals surface area (Å²) in [7, 11) is 1.88. The van der Waals surface area contributed by atoms with Crippen LogP contribution in [0.2, 0.25) is 0 Å². The zero-order valence-electron chi connectivity index (χ0n) is 10.5. The molecule has 1 unspecified atom stereocenters. The minimum atomic E-state index is -0.875. The standard InChI is InChI=1S/C14H18N2O/c1-11-6-4-5-7-13(11)14(2,17)10-12-8-9-16(3)15-12/h4-9,17H,10H2,1-3H3. The van der Waals surface area contributed by atoms with Crippen LogP contribution in [0.5, 0.6) is 0 Å². The van der Waals surface area contributed by atoms with Crippen LogP contribution in [-0.2, 0) is 19.1 Å². The average molecular weight is 230 g/mol. The molecule has 2 aromatic rings. The van der Waals surface area contributed by atoms with E-state index in [0.29, 0.717) is 6.42 Å². The highest BCUT2D eigenvalue weighted by Gasteiger charge is 2.25. The Bertz CT molecular complexity index is 514. The van der Waals surface area contributed by atoms with Crippen LogP contribution in [0.15, 0.2) is 36.5 Å². The molecule has 0 amide bonds. The fourth-order valence-electron chi connectivity index (χ4n) is 2.18. The van der Waals surface area contributed by atoms with E-state index in [-0.39, 0.29) is 0 Å². The number of rotatable bonds is 3. The maximum Gasteiger partial charge on any atom is 0.0927 e. The fourth-order valence-corrected chi connectivity index (χ4v) is 2.18. The Morgan fingerprint density at radius 2 is 2.00 bits per heavy atom. The molecule has 0 radical (unpaired) electrons. The molecule has 1 aromatic carbocycles. The lowest BCUT2D eigenvalue weighted by Gasteiger charge is -2.24. The van der Waals surface area contributed by atoms with Crippen molar-refractivity contribution >= 4 is 0 Å². The molecule has 17 heavy (non-hydrogen) atoms. The average Bonchev–Trinajstić information content (AvgIpc) is 2.63. The minimum Gasteiger partial charge on any atom is -0.385 e. The highest BCUT2D eigenvalue weighted by molar-refractivity contribution is 5.31. The molecule has 0 bridgehead atoms. The maximum atomic E-state index is 10.6. The predicted octanol–water partition coefficient (Wildman–Crippen LogP) is 2.18. The van der Waals surface area contributed by atoms with Crippen LogP contribution in [0.3, 0.4) is 0 Å². The van der Waals surface area contributed by atoms with Gasteiger partial charge in [-0.15, -0.1) is 0 Å². The smallest absolute Gasteiger partial charge is 0.0927 e. The van der Waals surface area contributed by atoms with Crippen molar-refractivity contribution in [1.82, 2.24) is 9.78 Å². The maximum absolute atomic E-state index is 10.6. The van der Waals surface area contributed by atoms with Gasteiger partial charge in [0, 0.05) is 19.7 Å². The monoisotopic (exact) mass is 230 g/mol. The summed E-state index contributed by atoms with van der Waals surface area (Å²) in [4.78, 5) is 0. The van der Waals surface area contributed by atoms with Crippen LogP contribution in [0.4, 0.5) is 0 Å². The van der Waals surface area contributed by atoms with Gasteiger partial charge in [-0.05, 0) is 31.0 Å². The molecule has 0 fully saturated rings. The van der Waals surface area contributed by atoms with E-state index < -0.39 is 5.60 Å². The van der Waals surface area contributed by atoms with E-state index in [1.54, 1.807) is 4.68 Å². The van der Waals surface area contributed by atoms with Crippen molar-refractivity contribution in [2.45, 2.75) is 25.9 Å². The fraction of sp³-hybridized carbons (Fsp3) is 0.357. The normalized spacial score (nSPS) is 14.6. The van der Waals surface area contributed by atoms with Gasteiger partial charge in [0.05, 0.1) is 11.3 Å². The number of aliphatic hydroxyl groups is 1. The van der Waals surface area contributed by atoms with Crippen molar-refractivity contribution in [2.24, 2.45) is 7.05 Å². The second-order valence-electron chi connectivity index (χ2n) is 4.75. The van der Waals surface area contributed by atoms with Crippen molar-refractivity contribution < 1.29 is 5.11 Å². The molecule has 1 N–H and O–H groups in total. The van der Waals surface area contributed by atoms with Crippen molar-refractivity contribution in [1.29, 1.82) is 0 Å². The van der Waals surface area contributed by atoms with E-state index >= 15 is 0 Å². The van der Waals surface area contributed by atoms with Crippen LogP contribution in [0, 0.1) is 6.92 Å². The Morgan fingerprint density at radius 3 is 2.59 bits per heavy atom. The van der Waals surface area contributed by atoms with Crippen LogP contribution in [0.25, 0.3) is 0 Å². The number of aryl methyl sites for hydroxylation is 2. The van der Waals surface area contributed by atoms with E-state index in [1.807, 2.05) is 57.4 Å². The number of benzene rings is 1. The summed E-state index contributed by atoms with van der Waals surface area (Å²) in [6.45, 7) is 3.85. The van der Waals surface area contributed by atoms with Crippen LogP contribution >= 0.6 is 0 Å². The van der Waals surface area contributed by atoms with Crippen molar-refractivity contribution in [3.05, 3.63) is 53.3 Å². The molecule has 0 aliphatic heterocycles. The van der Waals surface area contributed by atoms with E-state index in [2.05, 4.69) is 5.10 Å². The Labute approximate surface area is 102 Å². The lowest BCUT2D eigenvalue weighted by molar-refractivity contribution is 0.0558. The number of hydrogen-bond acceptors (Lipinski definition) is 2.